The summed E-state index contributed by atoms with van der Waals surface area (Å²) in [7, 11) is 1.43. The summed E-state index contributed by atoms with van der Waals surface area (Å²) in [5.74, 6) is 1.11. The van der Waals surface area contributed by atoms with Crippen LogP contribution in [0.5, 0.6) is 0 Å². The first-order chi connectivity index (χ1) is 9.08. The molecule has 0 bridgehead atoms. The van der Waals surface area contributed by atoms with Gasteiger partial charge in [0.15, 0.2) is 0 Å². The van der Waals surface area contributed by atoms with Crippen LogP contribution in [0.25, 0.3) is 0 Å². The van der Waals surface area contributed by atoms with E-state index in [2.05, 4.69) is 49.0 Å². The average Bonchev–Trinajstić information content (AvgIpc) is 2.38. The smallest absolute Gasteiger partial charge is 0.315 e. The third kappa shape index (κ3) is 5.25. The molecule has 0 saturated heterocycles. The van der Waals surface area contributed by atoms with Crippen molar-refractivity contribution < 1.29 is 9.53 Å². The molecule has 19 heavy (non-hydrogen) atoms. The zero-order valence-corrected chi connectivity index (χ0v) is 13.0. The van der Waals surface area contributed by atoms with Crippen LogP contribution in [-0.2, 0) is 9.53 Å². The minimum Gasteiger partial charge on any atom is -0.468 e. The van der Waals surface area contributed by atoms with Gasteiger partial charge in [0.25, 0.3) is 0 Å². The van der Waals surface area contributed by atoms with Crippen LogP contribution < -0.4 is 5.32 Å². The van der Waals surface area contributed by atoms with Crippen molar-refractivity contribution in [3.05, 3.63) is 34.9 Å². The Morgan fingerprint density at radius 3 is 2.74 bits per heavy atom. The van der Waals surface area contributed by atoms with Gasteiger partial charge in [-0.2, -0.15) is 0 Å². The first kappa shape index (κ1) is 16.1. The summed E-state index contributed by atoms with van der Waals surface area (Å²) >= 11 is 1.60. The summed E-state index contributed by atoms with van der Waals surface area (Å²) in [5, 5.41) is 3.48. The number of ether oxygens (including phenoxy) is 1. The minimum atomic E-state index is -0.166. The number of hydrogen-bond acceptors (Lipinski definition) is 4. The molecule has 0 spiro atoms. The standard InChI is InChI=1S/C15H23NO2S/c1-5-16-14(9-19-10-15(17)18-4)13-7-6-11(2)8-12(13)3/h6-8,14,16H,5,9-10H2,1-4H3. The molecule has 0 aliphatic rings. The molecule has 0 saturated carbocycles. The fraction of sp³-hybridized carbons (Fsp3) is 0.533. The van der Waals surface area contributed by atoms with Crippen LogP contribution in [0.4, 0.5) is 0 Å². The topological polar surface area (TPSA) is 38.3 Å². The number of rotatable bonds is 7. The van der Waals surface area contributed by atoms with E-state index in [4.69, 9.17) is 0 Å². The molecular weight excluding hydrogens is 258 g/mol. The van der Waals surface area contributed by atoms with Crippen molar-refractivity contribution in [2.24, 2.45) is 0 Å². The van der Waals surface area contributed by atoms with Crippen molar-refractivity contribution in [3.63, 3.8) is 0 Å². The van der Waals surface area contributed by atoms with Gasteiger partial charge in [-0.25, -0.2) is 0 Å². The van der Waals surface area contributed by atoms with Crippen LogP contribution in [0.1, 0.15) is 29.7 Å². The zero-order chi connectivity index (χ0) is 14.3. The Hall–Kier alpha value is -1.00. The lowest BCUT2D eigenvalue weighted by molar-refractivity contribution is -0.137. The predicted molar refractivity (Wildman–Crippen MR) is 81.7 cm³/mol. The molecule has 1 unspecified atom stereocenters. The second kappa shape index (κ2) is 8.23. The first-order valence-electron chi connectivity index (χ1n) is 6.53. The molecule has 106 valence electrons. The molecule has 0 fully saturated rings. The molecule has 1 aromatic carbocycles. The molecule has 0 heterocycles. The number of carbonyl (C=O) groups excluding carboxylic acids is 1. The summed E-state index contributed by atoms with van der Waals surface area (Å²) in [6.45, 7) is 7.25. The molecule has 1 rings (SSSR count). The molecular formula is C15H23NO2S. The van der Waals surface area contributed by atoms with E-state index in [0.717, 1.165) is 12.3 Å². The lowest BCUT2D eigenvalue weighted by atomic mass is 10.0. The van der Waals surface area contributed by atoms with E-state index in [9.17, 15) is 4.79 Å². The molecule has 1 atom stereocenters. The van der Waals surface area contributed by atoms with Crippen molar-refractivity contribution in [2.75, 3.05) is 25.2 Å². The largest absolute Gasteiger partial charge is 0.468 e. The number of benzene rings is 1. The van der Waals surface area contributed by atoms with Crippen molar-refractivity contribution in [1.29, 1.82) is 0 Å². The minimum absolute atomic E-state index is 0.166. The van der Waals surface area contributed by atoms with Crippen LogP contribution in [-0.4, -0.2) is 31.1 Å². The Bertz CT molecular complexity index is 421. The Morgan fingerprint density at radius 2 is 2.16 bits per heavy atom. The summed E-state index contributed by atoms with van der Waals surface area (Å²) in [5.41, 5.74) is 3.88. The van der Waals surface area contributed by atoms with Crippen molar-refractivity contribution in [3.8, 4) is 0 Å². The summed E-state index contributed by atoms with van der Waals surface area (Å²) in [4.78, 5) is 11.1. The highest BCUT2D eigenvalue weighted by Crippen LogP contribution is 2.22. The fourth-order valence-corrected chi connectivity index (χ4v) is 2.98. The van der Waals surface area contributed by atoms with Gasteiger partial charge in [-0.05, 0) is 31.5 Å². The Balaban J connectivity index is 2.68. The molecule has 0 radical (unpaired) electrons. The van der Waals surface area contributed by atoms with Crippen LogP contribution in [0.2, 0.25) is 0 Å². The van der Waals surface area contributed by atoms with Crippen molar-refractivity contribution >= 4 is 17.7 Å². The van der Waals surface area contributed by atoms with Gasteiger partial charge in [0.05, 0.1) is 12.9 Å². The van der Waals surface area contributed by atoms with Crippen molar-refractivity contribution in [1.82, 2.24) is 5.32 Å². The van der Waals surface area contributed by atoms with Crippen LogP contribution in [0, 0.1) is 13.8 Å². The molecule has 0 aromatic heterocycles. The number of thioether (sulfide) groups is 1. The number of esters is 1. The summed E-state index contributed by atoms with van der Waals surface area (Å²) < 4.78 is 4.66. The maximum Gasteiger partial charge on any atom is 0.315 e. The van der Waals surface area contributed by atoms with Gasteiger partial charge in [0.2, 0.25) is 0 Å². The molecule has 1 aromatic rings. The highest BCUT2D eigenvalue weighted by molar-refractivity contribution is 7.99. The normalized spacial score (nSPS) is 12.2. The third-order valence-electron chi connectivity index (χ3n) is 2.98. The summed E-state index contributed by atoms with van der Waals surface area (Å²) in [6, 6.07) is 6.79. The molecule has 0 aliphatic carbocycles. The Morgan fingerprint density at radius 1 is 1.42 bits per heavy atom. The maximum absolute atomic E-state index is 11.1. The Labute approximate surface area is 120 Å². The van der Waals surface area contributed by atoms with Crippen molar-refractivity contribution in [2.45, 2.75) is 26.8 Å². The fourth-order valence-electron chi connectivity index (χ4n) is 2.04. The predicted octanol–water partition coefficient (Wildman–Crippen LogP) is 2.86. The van der Waals surface area contributed by atoms with Gasteiger partial charge in [0.1, 0.15) is 0 Å². The zero-order valence-electron chi connectivity index (χ0n) is 12.2. The Kier molecular flexibility index (Phi) is 6.95. The van der Waals surface area contributed by atoms with Gasteiger partial charge >= 0.3 is 5.97 Å². The highest BCUT2D eigenvalue weighted by Gasteiger charge is 2.13. The number of hydrogen-bond donors (Lipinski definition) is 1. The van der Waals surface area contributed by atoms with Gasteiger partial charge in [-0.3, -0.25) is 4.79 Å². The highest BCUT2D eigenvalue weighted by atomic mass is 32.2. The van der Waals surface area contributed by atoms with Crippen LogP contribution >= 0.6 is 11.8 Å². The first-order valence-corrected chi connectivity index (χ1v) is 7.69. The molecule has 1 N–H and O–H groups in total. The van der Waals surface area contributed by atoms with E-state index in [-0.39, 0.29) is 12.0 Å². The van der Waals surface area contributed by atoms with Gasteiger partial charge < -0.3 is 10.1 Å². The third-order valence-corrected chi connectivity index (χ3v) is 3.99. The van der Waals surface area contributed by atoms with E-state index in [1.165, 1.54) is 23.8 Å². The van der Waals surface area contributed by atoms with Gasteiger partial charge in [0, 0.05) is 11.8 Å². The number of aryl methyl sites for hydroxylation is 2. The lowest BCUT2D eigenvalue weighted by Crippen LogP contribution is -2.24. The second-order valence-corrected chi connectivity index (χ2v) is 5.59. The van der Waals surface area contributed by atoms with Gasteiger partial charge in [-0.15, -0.1) is 11.8 Å². The molecule has 0 aliphatic heterocycles. The molecule has 3 nitrogen and oxygen atoms in total. The molecule has 4 heteroatoms. The quantitative estimate of drug-likeness (QED) is 0.780. The monoisotopic (exact) mass is 281 g/mol. The lowest BCUT2D eigenvalue weighted by Gasteiger charge is -2.20. The van der Waals surface area contributed by atoms with E-state index in [1.54, 1.807) is 11.8 Å². The SMILES string of the molecule is CCNC(CSCC(=O)OC)c1ccc(C)cc1C. The maximum atomic E-state index is 11.1. The number of methoxy groups -OCH3 is 1. The van der Waals surface area contributed by atoms with Crippen LogP contribution in [0.3, 0.4) is 0 Å². The van der Waals surface area contributed by atoms with E-state index in [0.29, 0.717) is 5.75 Å². The molecule has 0 amide bonds. The van der Waals surface area contributed by atoms with Crippen LogP contribution in [0.15, 0.2) is 18.2 Å². The number of carbonyl (C=O) groups is 1. The van der Waals surface area contributed by atoms with Gasteiger partial charge in [-0.1, -0.05) is 30.7 Å². The van der Waals surface area contributed by atoms with E-state index >= 15 is 0 Å². The summed E-state index contributed by atoms with van der Waals surface area (Å²) in [6.07, 6.45) is 0. The number of nitrogens with one attached hydrogen (secondary N) is 1. The van der Waals surface area contributed by atoms with E-state index < -0.39 is 0 Å². The second-order valence-electron chi connectivity index (χ2n) is 4.56. The van der Waals surface area contributed by atoms with E-state index in [1.807, 2.05) is 0 Å². The average molecular weight is 281 g/mol.